The zero-order valence-corrected chi connectivity index (χ0v) is 68.0. The summed E-state index contributed by atoms with van der Waals surface area (Å²) in [5, 5.41) is 0. The molecule has 0 aliphatic carbocycles. The molecule has 0 saturated carbocycles. The molecule has 3 rings (SSSR count). The number of nitrogens with zero attached hydrogens (tertiary/aromatic N) is 2. The van der Waals surface area contributed by atoms with E-state index < -0.39 is 0 Å². The van der Waals surface area contributed by atoms with E-state index in [4.69, 9.17) is 0 Å². The predicted molar refractivity (Wildman–Crippen MR) is 440 cm³/mol. The van der Waals surface area contributed by atoms with Crippen LogP contribution in [0.2, 0.25) is 0 Å². The summed E-state index contributed by atoms with van der Waals surface area (Å²) in [5.41, 5.74) is 21.7. The third-order valence-corrected chi connectivity index (χ3v) is 21.0. The van der Waals surface area contributed by atoms with Gasteiger partial charge in [0.1, 0.15) is 0 Å². The van der Waals surface area contributed by atoms with Crippen LogP contribution in [-0.4, -0.2) is 4.70 Å². The molecular formula is C95H168N2Ni. The molecule has 3 heteroatoms. The second kappa shape index (κ2) is 77.2. The van der Waals surface area contributed by atoms with Crippen LogP contribution in [0.5, 0.6) is 0 Å². The molecular weight excluding hydrogens is 1230 g/mol. The van der Waals surface area contributed by atoms with Crippen LogP contribution in [0.15, 0.2) is 59.7 Å². The number of rotatable bonds is 68. The average Bonchev–Trinajstić information content (AvgIpc) is 1.60. The van der Waals surface area contributed by atoms with E-state index in [0.29, 0.717) is 0 Å². The summed E-state index contributed by atoms with van der Waals surface area (Å²) >= 11 is 0. The molecule has 0 unspecified atom stereocenters. The zero-order valence-electron chi connectivity index (χ0n) is 67.0. The van der Waals surface area contributed by atoms with Crippen LogP contribution < -0.4 is 0 Å². The molecule has 1 aliphatic heterocycles. The number of hydrogen-bond acceptors (Lipinski definition) is 0. The first-order valence-electron chi connectivity index (χ1n) is 44.2. The number of unbranched alkanes of at least 4 members (excludes halogenated alkanes) is 58. The first-order valence-corrected chi connectivity index (χ1v) is 44.2. The van der Waals surface area contributed by atoms with Crippen LogP contribution in [-0.2, 0) is 29.3 Å². The van der Waals surface area contributed by atoms with Crippen LogP contribution in [0.25, 0.3) is 16.9 Å². The maximum Gasteiger partial charge on any atom is 2.00 e. The Kier molecular flexibility index (Phi) is 75.3. The molecule has 2 aromatic carbocycles. The molecule has 0 fully saturated rings. The maximum atomic E-state index is 12.1. The van der Waals surface area contributed by atoms with Crippen molar-refractivity contribution in [3.63, 3.8) is 0 Å². The first-order chi connectivity index (χ1) is 48.0. The van der Waals surface area contributed by atoms with E-state index in [-0.39, 0.29) is 16.5 Å². The van der Waals surface area contributed by atoms with Crippen LogP contribution in [0, 0.1) is 25.7 Å². The van der Waals surface area contributed by atoms with Gasteiger partial charge in [0.15, 0.2) is 0 Å². The molecule has 98 heavy (non-hydrogen) atoms. The van der Waals surface area contributed by atoms with Crippen molar-refractivity contribution in [1.82, 2.24) is 0 Å². The molecule has 1 aliphatic rings. The Labute approximate surface area is 626 Å². The predicted octanol–water partition coefficient (Wildman–Crippen LogP) is 33.8. The fraction of sp³-hybridized carbons (Fsp3) is 0.789. The molecule has 0 bridgehead atoms. The number of hydrogen-bond donors (Lipinski definition) is 0. The van der Waals surface area contributed by atoms with Crippen molar-refractivity contribution in [2.24, 2.45) is 0 Å². The number of allylic oxidation sites excluding steroid dienone is 2. The third kappa shape index (κ3) is 56.1. The van der Waals surface area contributed by atoms with Crippen LogP contribution in [0.3, 0.4) is 0 Å². The third-order valence-electron chi connectivity index (χ3n) is 21.0. The van der Waals surface area contributed by atoms with Crippen molar-refractivity contribution in [1.29, 1.82) is 0 Å². The summed E-state index contributed by atoms with van der Waals surface area (Å²) in [6.07, 6.45) is 94.4. The van der Waals surface area contributed by atoms with Gasteiger partial charge in [0.25, 0.3) is 0 Å². The Morgan fingerprint density at radius 1 is 0.276 bits per heavy atom. The molecule has 0 radical (unpaired) electrons. The van der Waals surface area contributed by atoms with E-state index in [0.717, 1.165) is 87.6 Å². The van der Waals surface area contributed by atoms with Gasteiger partial charge >= 0.3 is 16.5 Å². The molecule has 0 spiro atoms. The smallest absolute Gasteiger partial charge is 0.493 e. The monoisotopic (exact) mass is 1400 g/mol. The molecule has 0 aromatic heterocycles. The van der Waals surface area contributed by atoms with Crippen molar-refractivity contribution >= 4 is 11.4 Å². The van der Waals surface area contributed by atoms with Gasteiger partial charge in [-0.1, -0.05) is 438 Å². The molecule has 2 aromatic rings. The SMILES string of the molecule is CCCCCCCCCCCCC#CCCc1ccccc1C1=C(CCCC)C(CCCCC)=C(c2ccc(CCCC)cc2)[N+]1=[N-].[CH2-]CCCCCCCCCCCCCCCCCCCCCCCC.[CH2-]CCCCCCCCCCCCCCCCCCCCCCCC.[Ni+2]. The maximum absolute atomic E-state index is 12.1. The van der Waals surface area contributed by atoms with Gasteiger partial charge in [-0.25, -0.2) is 4.70 Å². The Bertz CT molecular complexity index is 2010. The van der Waals surface area contributed by atoms with Crippen LogP contribution in [0.4, 0.5) is 0 Å². The zero-order chi connectivity index (χ0) is 70.1. The minimum atomic E-state index is 0. The van der Waals surface area contributed by atoms with E-state index in [1.807, 2.05) is 0 Å². The van der Waals surface area contributed by atoms with Crippen molar-refractivity contribution < 1.29 is 21.2 Å². The fourth-order valence-electron chi connectivity index (χ4n) is 14.5. The molecule has 1 heterocycles. The first kappa shape index (κ1) is 95.6. The molecule has 0 atom stereocenters. The van der Waals surface area contributed by atoms with E-state index in [1.165, 1.54) is 400 Å². The van der Waals surface area contributed by atoms with Gasteiger partial charge in [0, 0.05) is 35.1 Å². The van der Waals surface area contributed by atoms with Crippen molar-refractivity contribution in [2.45, 2.75) is 485 Å². The minimum absolute atomic E-state index is 0. The van der Waals surface area contributed by atoms with E-state index in [1.54, 1.807) is 4.70 Å². The summed E-state index contributed by atoms with van der Waals surface area (Å²) in [6, 6.07) is 17.7. The molecule has 0 N–H and O–H groups in total. The second-order valence-corrected chi connectivity index (χ2v) is 30.3. The van der Waals surface area contributed by atoms with Gasteiger partial charge in [0.2, 0.25) is 11.4 Å². The normalized spacial score (nSPS) is 12.0. The summed E-state index contributed by atoms with van der Waals surface area (Å²) in [6.45, 7) is 21.5. The van der Waals surface area contributed by atoms with Crippen LogP contribution in [0.1, 0.15) is 494 Å². The molecule has 568 valence electrons. The van der Waals surface area contributed by atoms with E-state index in [2.05, 4.69) is 116 Å². The summed E-state index contributed by atoms with van der Waals surface area (Å²) in [7, 11) is 0. The van der Waals surface area contributed by atoms with Crippen LogP contribution >= 0.6 is 0 Å². The van der Waals surface area contributed by atoms with Gasteiger partial charge in [0.05, 0.1) is 0 Å². The largest absolute Gasteiger partial charge is 2.00 e. The van der Waals surface area contributed by atoms with Crippen molar-refractivity contribution in [2.75, 3.05) is 0 Å². The standard InChI is InChI=1S/C45H66N2.2C25H51.Ni/c1-5-9-13-14-15-16-17-18-19-20-21-22-23-25-29-39-30-26-27-32-41(39)45-43(31-12-8-4)42(33-24-10-6-2)44(47(45)46)40-36-34-38(35-37-40)28-11-7-3;2*1-3-5-7-9-11-13-15-17-19-21-23-25-24-22-20-18-16-14-12-10-8-6-4-2;/h26-27,30,32,34-37H,5-21,24-25,28-29,31,33H2,1-4H3;2*1,3-25H2,2H3;/q;2*-1;+2. The summed E-state index contributed by atoms with van der Waals surface area (Å²) in [5.74, 6) is 6.95. The summed E-state index contributed by atoms with van der Waals surface area (Å²) < 4.78 is 1.56. The van der Waals surface area contributed by atoms with Gasteiger partial charge in [-0.05, 0) is 80.7 Å². The Morgan fingerprint density at radius 2 is 0.551 bits per heavy atom. The van der Waals surface area contributed by atoms with Gasteiger partial charge < -0.3 is 19.4 Å². The van der Waals surface area contributed by atoms with E-state index in [9.17, 15) is 5.53 Å². The molecule has 0 saturated heterocycles. The Hall–Kier alpha value is -2.43. The molecule has 0 amide bonds. The quantitative estimate of drug-likeness (QED) is 0.0207. The number of aryl methyl sites for hydroxylation is 2. The van der Waals surface area contributed by atoms with Gasteiger partial charge in [-0.3, -0.25) is 0 Å². The van der Waals surface area contributed by atoms with Gasteiger partial charge in [-0.2, -0.15) is 12.8 Å². The fourth-order valence-corrected chi connectivity index (χ4v) is 14.5. The molecule has 2 nitrogen and oxygen atoms in total. The van der Waals surface area contributed by atoms with Crippen molar-refractivity contribution in [3.05, 3.63) is 101 Å². The minimum Gasteiger partial charge on any atom is -0.493 e. The second-order valence-electron chi connectivity index (χ2n) is 30.3. The van der Waals surface area contributed by atoms with Crippen molar-refractivity contribution in [3.8, 4) is 11.8 Å². The number of benzene rings is 2. The summed E-state index contributed by atoms with van der Waals surface area (Å²) in [4.78, 5) is 0. The Balaban J connectivity index is 0.00000157. The Morgan fingerprint density at radius 3 is 0.898 bits per heavy atom. The van der Waals surface area contributed by atoms with E-state index >= 15 is 0 Å². The average molecular weight is 1400 g/mol. The topological polar surface area (TPSA) is 25.3 Å². The van der Waals surface area contributed by atoms with Gasteiger partial charge in [-0.15, -0.1) is 11.8 Å².